The molecule has 0 aromatic heterocycles. The van der Waals surface area contributed by atoms with Gasteiger partial charge >= 0.3 is 5.97 Å². The van der Waals surface area contributed by atoms with Gasteiger partial charge in [-0.05, 0) is 73.6 Å². The maximum absolute atomic E-state index is 12.3. The van der Waals surface area contributed by atoms with E-state index in [-0.39, 0.29) is 17.3 Å². The van der Waals surface area contributed by atoms with Crippen LogP contribution in [0.5, 0.6) is 5.75 Å². The number of fused-ring (bicyclic) bond motifs is 1. The van der Waals surface area contributed by atoms with Crippen LogP contribution in [-0.4, -0.2) is 44.0 Å². The number of aryl methyl sites for hydroxylation is 1. The molecule has 0 amide bonds. The molecular weight excluding hydrogens is 474 g/mol. The molecule has 2 aromatic rings. The molecule has 1 fully saturated rings. The number of rotatable bonds is 7. The quantitative estimate of drug-likeness (QED) is 0.386. The van der Waals surface area contributed by atoms with Gasteiger partial charge in [0.25, 0.3) is 0 Å². The van der Waals surface area contributed by atoms with E-state index < -0.39 is 6.10 Å². The number of nitrogens with zero attached hydrogens (tertiary/aromatic N) is 1. The van der Waals surface area contributed by atoms with Gasteiger partial charge in [0.2, 0.25) is 0 Å². The van der Waals surface area contributed by atoms with E-state index in [0.29, 0.717) is 24.6 Å². The number of hydrogen-bond acceptors (Lipinski definition) is 5. The number of anilines is 1. The Morgan fingerprint density at radius 1 is 1.31 bits per heavy atom. The molecular formula is C30H36ClNO4. The Hall–Kier alpha value is -2.68. The van der Waals surface area contributed by atoms with E-state index in [2.05, 4.69) is 42.7 Å². The van der Waals surface area contributed by atoms with E-state index >= 15 is 0 Å². The molecule has 0 unspecified atom stereocenters. The van der Waals surface area contributed by atoms with E-state index in [4.69, 9.17) is 21.1 Å². The van der Waals surface area contributed by atoms with E-state index in [1.807, 2.05) is 18.2 Å². The summed E-state index contributed by atoms with van der Waals surface area (Å²) in [5.74, 6) is 6.62. The van der Waals surface area contributed by atoms with Crippen LogP contribution in [0.2, 0.25) is 5.02 Å². The Morgan fingerprint density at radius 2 is 2.11 bits per heavy atom. The molecule has 1 heterocycles. The number of carbonyl (C=O) groups is 1. The number of benzene rings is 2. The van der Waals surface area contributed by atoms with Crippen LogP contribution in [0.15, 0.2) is 36.4 Å². The summed E-state index contributed by atoms with van der Waals surface area (Å²) in [6.45, 7) is 8.14. The highest BCUT2D eigenvalue weighted by Crippen LogP contribution is 2.43. The standard InChI is InChI=1S/C30H36ClNO4/c1-5-7-20-15-23(31)11-13-25(20)30(3)18-32(17-22-9-12-24(22)27(33)8-6-2)26-16-21(29(34)35-4)10-14-28(26)36-19-30/h10-11,13-16,22,24,27,33H,5,7,9,12,17-19H2,1-4H3/t22-,24+,27-,30-/m0/s1. The second-order valence-electron chi connectivity index (χ2n) is 10.3. The molecule has 1 aliphatic carbocycles. The first-order valence-corrected chi connectivity index (χ1v) is 13.2. The molecule has 1 saturated carbocycles. The lowest BCUT2D eigenvalue weighted by atomic mass is 9.70. The molecule has 2 aromatic carbocycles. The molecule has 192 valence electrons. The number of ether oxygens (including phenoxy) is 2. The van der Waals surface area contributed by atoms with E-state index in [1.165, 1.54) is 18.2 Å². The summed E-state index contributed by atoms with van der Waals surface area (Å²) in [4.78, 5) is 14.7. The third-order valence-electron chi connectivity index (χ3n) is 7.67. The molecule has 0 bridgehead atoms. The maximum Gasteiger partial charge on any atom is 0.337 e. The average molecular weight is 510 g/mol. The van der Waals surface area contributed by atoms with Crippen LogP contribution in [0, 0.1) is 23.7 Å². The van der Waals surface area contributed by atoms with Crippen molar-refractivity contribution >= 4 is 23.3 Å². The average Bonchev–Trinajstić information content (AvgIpc) is 2.98. The van der Waals surface area contributed by atoms with Gasteiger partial charge in [0.05, 0.1) is 25.0 Å². The summed E-state index contributed by atoms with van der Waals surface area (Å²) in [5.41, 5.74) is 3.55. The molecule has 5 nitrogen and oxygen atoms in total. The van der Waals surface area contributed by atoms with Gasteiger partial charge in [0, 0.05) is 29.4 Å². The molecule has 6 heteroatoms. The molecule has 0 spiro atoms. The van der Waals surface area contributed by atoms with Crippen molar-refractivity contribution in [3.63, 3.8) is 0 Å². The van der Waals surface area contributed by atoms with Crippen LogP contribution >= 0.6 is 11.6 Å². The van der Waals surface area contributed by atoms with Crippen molar-refractivity contribution in [3.05, 3.63) is 58.1 Å². The number of carbonyl (C=O) groups excluding carboxylic acids is 1. The number of hydrogen-bond donors (Lipinski definition) is 1. The van der Waals surface area contributed by atoms with Crippen molar-refractivity contribution in [3.8, 4) is 17.6 Å². The minimum absolute atomic E-state index is 0.145. The largest absolute Gasteiger partial charge is 0.490 e. The summed E-state index contributed by atoms with van der Waals surface area (Å²) in [7, 11) is 1.39. The lowest BCUT2D eigenvalue weighted by Gasteiger charge is -2.43. The van der Waals surface area contributed by atoms with Gasteiger partial charge in [-0.3, -0.25) is 0 Å². The van der Waals surface area contributed by atoms with Gasteiger partial charge in [-0.2, -0.15) is 0 Å². The Labute approximate surface area is 219 Å². The summed E-state index contributed by atoms with van der Waals surface area (Å²) >= 11 is 6.38. The van der Waals surface area contributed by atoms with Crippen molar-refractivity contribution in [2.75, 3.05) is 31.7 Å². The minimum Gasteiger partial charge on any atom is -0.490 e. The van der Waals surface area contributed by atoms with E-state index in [1.54, 1.807) is 13.0 Å². The van der Waals surface area contributed by atoms with Gasteiger partial charge in [0.15, 0.2) is 0 Å². The Kier molecular flexibility index (Phi) is 8.17. The number of methoxy groups -OCH3 is 1. The van der Waals surface area contributed by atoms with Gasteiger partial charge in [0.1, 0.15) is 11.9 Å². The zero-order valence-corrected chi connectivity index (χ0v) is 22.4. The Bertz CT molecular complexity index is 1170. The number of esters is 1. The van der Waals surface area contributed by atoms with Gasteiger partial charge < -0.3 is 19.5 Å². The highest BCUT2D eigenvalue weighted by Gasteiger charge is 2.41. The lowest BCUT2D eigenvalue weighted by molar-refractivity contribution is 0.0518. The molecule has 4 atom stereocenters. The summed E-state index contributed by atoms with van der Waals surface area (Å²) in [5, 5.41) is 11.3. The predicted molar refractivity (Wildman–Crippen MR) is 144 cm³/mol. The fourth-order valence-corrected chi connectivity index (χ4v) is 5.84. The number of aliphatic hydroxyl groups excluding tert-OH is 1. The summed E-state index contributed by atoms with van der Waals surface area (Å²) in [6, 6.07) is 11.7. The zero-order valence-electron chi connectivity index (χ0n) is 21.6. The number of halogens is 1. The van der Waals surface area contributed by atoms with Gasteiger partial charge in [-0.25, -0.2) is 4.79 Å². The van der Waals surface area contributed by atoms with Crippen molar-refractivity contribution in [1.82, 2.24) is 0 Å². The van der Waals surface area contributed by atoms with Crippen LogP contribution in [0.25, 0.3) is 0 Å². The third-order valence-corrected chi connectivity index (χ3v) is 7.91. The molecule has 1 N–H and O–H groups in total. The van der Waals surface area contributed by atoms with Crippen LogP contribution in [0.4, 0.5) is 5.69 Å². The maximum atomic E-state index is 12.3. The monoisotopic (exact) mass is 509 g/mol. The van der Waals surface area contributed by atoms with E-state index in [0.717, 1.165) is 48.7 Å². The predicted octanol–water partition coefficient (Wildman–Crippen LogP) is 5.65. The third kappa shape index (κ3) is 5.36. The molecule has 1 aliphatic heterocycles. The molecule has 0 saturated heterocycles. The smallest absolute Gasteiger partial charge is 0.337 e. The molecule has 4 rings (SSSR count). The second kappa shape index (κ2) is 11.2. The van der Waals surface area contributed by atoms with Gasteiger partial charge in [-0.1, -0.05) is 43.9 Å². The molecule has 0 radical (unpaired) electrons. The first kappa shape index (κ1) is 26.4. The first-order valence-electron chi connectivity index (χ1n) is 12.8. The topological polar surface area (TPSA) is 59.0 Å². The van der Waals surface area contributed by atoms with E-state index in [9.17, 15) is 9.90 Å². The normalized spacial score (nSPS) is 23.8. The Balaban J connectivity index is 1.73. The van der Waals surface area contributed by atoms with Crippen molar-refractivity contribution in [1.29, 1.82) is 0 Å². The highest BCUT2D eigenvalue weighted by molar-refractivity contribution is 6.30. The van der Waals surface area contributed by atoms with Gasteiger partial charge in [-0.15, -0.1) is 5.92 Å². The molecule has 2 aliphatic rings. The SMILES string of the molecule is CC#C[C@H](O)[C@@H]1CC[C@H]1CN1C[C@](C)(c2ccc(Cl)cc2CCC)COc2ccc(C(=O)OC)cc21. The van der Waals surface area contributed by atoms with Crippen molar-refractivity contribution in [2.45, 2.75) is 58.0 Å². The first-order chi connectivity index (χ1) is 17.3. The second-order valence-corrected chi connectivity index (χ2v) is 10.7. The highest BCUT2D eigenvalue weighted by atomic mass is 35.5. The van der Waals surface area contributed by atoms with Crippen LogP contribution in [0.1, 0.15) is 61.5 Å². The van der Waals surface area contributed by atoms with Crippen LogP contribution in [0.3, 0.4) is 0 Å². The lowest BCUT2D eigenvalue weighted by Crippen LogP contribution is -2.47. The molecule has 36 heavy (non-hydrogen) atoms. The zero-order chi connectivity index (χ0) is 25.9. The van der Waals surface area contributed by atoms with Crippen molar-refractivity contribution < 1.29 is 19.4 Å². The fourth-order valence-electron chi connectivity index (χ4n) is 5.65. The van der Waals surface area contributed by atoms with Crippen molar-refractivity contribution in [2.24, 2.45) is 11.8 Å². The van der Waals surface area contributed by atoms with Crippen LogP contribution in [-0.2, 0) is 16.6 Å². The fraction of sp³-hybridized carbons (Fsp3) is 0.500. The minimum atomic E-state index is -0.614. The number of aliphatic hydroxyl groups is 1. The summed E-state index contributed by atoms with van der Waals surface area (Å²) in [6.07, 6.45) is 3.36. The Morgan fingerprint density at radius 3 is 2.78 bits per heavy atom. The summed E-state index contributed by atoms with van der Waals surface area (Å²) < 4.78 is 11.4. The van der Waals surface area contributed by atoms with Crippen LogP contribution < -0.4 is 9.64 Å².